The molecular formula is C18H15ClN4O5. The van der Waals surface area contributed by atoms with Gasteiger partial charge in [-0.2, -0.15) is 5.10 Å². The van der Waals surface area contributed by atoms with Crippen LogP contribution < -0.4 is 26.5 Å². The molecule has 0 atom stereocenters. The fourth-order valence-corrected chi connectivity index (χ4v) is 2.75. The van der Waals surface area contributed by atoms with E-state index in [1.54, 1.807) is 24.3 Å². The number of carbonyl (C=O) groups is 1. The van der Waals surface area contributed by atoms with Crippen LogP contribution >= 0.6 is 11.6 Å². The molecule has 0 aliphatic carbocycles. The first-order chi connectivity index (χ1) is 13.4. The summed E-state index contributed by atoms with van der Waals surface area (Å²) in [6.07, 6.45) is 1.28. The number of hydrogen-bond acceptors (Lipinski definition) is 6. The lowest BCUT2D eigenvalue weighted by Gasteiger charge is -2.12. The SMILES string of the molecule is COc1cc(C=Nn2c(=O)[nH]c3ccccc3c2=O)cc(Cl)c1OCC(N)=O. The Morgan fingerprint density at radius 3 is 2.79 bits per heavy atom. The number of hydrogen-bond donors (Lipinski definition) is 2. The largest absolute Gasteiger partial charge is 0.493 e. The number of benzene rings is 2. The first-order valence-corrected chi connectivity index (χ1v) is 8.35. The molecule has 28 heavy (non-hydrogen) atoms. The van der Waals surface area contributed by atoms with Gasteiger partial charge in [-0.1, -0.05) is 23.7 Å². The summed E-state index contributed by atoms with van der Waals surface area (Å²) < 4.78 is 11.1. The maximum absolute atomic E-state index is 12.5. The van der Waals surface area contributed by atoms with E-state index in [2.05, 4.69) is 10.1 Å². The number of ether oxygens (including phenoxy) is 2. The number of aromatic nitrogens is 2. The highest BCUT2D eigenvalue weighted by Crippen LogP contribution is 2.36. The van der Waals surface area contributed by atoms with Crippen molar-refractivity contribution in [2.24, 2.45) is 10.8 Å². The predicted octanol–water partition coefficient (Wildman–Crippen LogP) is 1.10. The minimum Gasteiger partial charge on any atom is -0.493 e. The Bertz CT molecular complexity index is 1200. The highest BCUT2D eigenvalue weighted by molar-refractivity contribution is 6.32. The van der Waals surface area contributed by atoms with Gasteiger partial charge in [0.05, 0.1) is 29.2 Å². The van der Waals surface area contributed by atoms with E-state index in [9.17, 15) is 14.4 Å². The summed E-state index contributed by atoms with van der Waals surface area (Å²) >= 11 is 6.16. The fraction of sp³-hybridized carbons (Fsp3) is 0.111. The number of methoxy groups -OCH3 is 1. The van der Waals surface area contributed by atoms with E-state index in [0.29, 0.717) is 21.1 Å². The zero-order chi connectivity index (χ0) is 20.3. The van der Waals surface area contributed by atoms with Gasteiger partial charge in [0.25, 0.3) is 11.5 Å². The third kappa shape index (κ3) is 3.89. The minimum atomic E-state index is -0.681. The molecule has 9 nitrogen and oxygen atoms in total. The van der Waals surface area contributed by atoms with Crippen LogP contribution in [0.15, 0.2) is 51.1 Å². The Kier molecular flexibility index (Phi) is 5.46. The predicted molar refractivity (Wildman–Crippen MR) is 105 cm³/mol. The third-order valence-electron chi connectivity index (χ3n) is 3.72. The van der Waals surface area contributed by atoms with Gasteiger partial charge in [-0.15, -0.1) is 4.68 Å². The van der Waals surface area contributed by atoms with Crippen LogP contribution in [-0.4, -0.2) is 35.5 Å². The molecule has 2 aromatic carbocycles. The van der Waals surface area contributed by atoms with E-state index in [4.69, 9.17) is 26.8 Å². The van der Waals surface area contributed by atoms with Gasteiger partial charge < -0.3 is 20.2 Å². The monoisotopic (exact) mass is 402 g/mol. The van der Waals surface area contributed by atoms with E-state index in [-0.39, 0.29) is 23.1 Å². The zero-order valence-corrected chi connectivity index (χ0v) is 15.4. The first kappa shape index (κ1) is 19.2. The number of nitrogens with zero attached hydrogens (tertiary/aromatic N) is 2. The highest BCUT2D eigenvalue weighted by Gasteiger charge is 2.13. The Hall–Kier alpha value is -3.59. The molecule has 0 unspecified atom stereocenters. The second-order valence-electron chi connectivity index (χ2n) is 5.63. The van der Waals surface area contributed by atoms with Crippen LogP contribution in [0.3, 0.4) is 0 Å². The van der Waals surface area contributed by atoms with E-state index in [1.807, 2.05) is 0 Å². The Morgan fingerprint density at radius 1 is 1.32 bits per heavy atom. The molecule has 1 heterocycles. The minimum absolute atomic E-state index is 0.140. The number of para-hydroxylation sites is 1. The lowest BCUT2D eigenvalue weighted by Crippen LogP contribution is -2.32. The van der Waals surface area contributed by atoms with Crippen molar-refractivity contribution in [2.45, 2.75) is 0 Å². The molecule has 0 fully saturated rings. The van der Waals surface area contributed by atoms with Gasteiger partial charge in [0.15, 0.2) is 18.1 Å². The normalized spacial score (nSPS) is 11.1. The summed E-state index contributed by atoms with van der Waals surface area (Å²) in [6, 6.07) is 9.61. The molecule has 3 aromatic rings. The van der Waals surface area contributed by atoms with Gasteiger partial charge in [0.2, 0.25) is 0 Å². The molecule has 1 amide bonds. The van der Waals surface area contributed by atoms with Crippen molar-refractivity contribution < 1.29 is 14.3 Å². The molecule has 0 saturated heterocycles. The standard InChI is InChI=1S/C18H15ClN4O5/c1-27-14-7-10(6-12(19)16(14)28-9-15(20)24)8-21-23-17(25)11-4-2-3-5-13(11)22-18(23)26/h2-8H,9H2,1H3,(H2,20,24)(H,22,26). The number of H-pyrrole nitrogens is 1. The third-order valence-corrected chi connectivity index (χ3v) is 4.00. The first-order valence-electron chi connectivity index (χ1n) is 7.97. The maximum atomic E-state index is 12.5. The van der Waals surface area contributed by atoms with Gasteiger partial charge >= 0.3 is 5.69 Å². The Balaban J connectivity index is 2.00. The van der Waals surface area contributed by atoms with Crippen LogP contribution in [0.2, 0.25) is 5.02 Å². The lowest BCUT2D eigenvalue weighted by atomic mass is 10.2. The number of nitrogens with two attached hydrogens (primary N) is 1. The molecular weight excluding hydrogens is 388 g/mol. The number of primary amides is 1. The van der Waals surface area contributed by atoms with Crippen molar-refractivity contribution in [3.05, 3.63) is 67.8 Å². The molecule has 0 radical (unpaired) electrons. The molecule has 3 N–H and O–H groups in total. The van der Waals surface area contributed by atoms with Crippen molar-refractivity contribution in [3.63, 3.8) is 0 Å². The van der Waals surface area contributed by atoms with Gasteiger partial charge in [-0.3, -0.25) is 9.59 Å². The Labute approximate surface area is 162 Å². The summed E-state index contributed by atoms with van der Waals surface area (Å²) in [5.74, 6) is -0.297. The van der Waals surface area contributed by atoms with Crippen LogP contribution in [0, 0.1) is 0 Å². The molecule has 0 saturated carbocycles. The van der Waals surface area contributed by atoms with Gasteiger partial charge in [0, 0.05) is 0 Å². The van der Waals surface area contributed by atoms with Gasteiger partial charge in [0.1, 0.15) is 0 Å². The quantitative estimate of drug-likeness (QED) is 0.596. The van der Waals surface area contributed by atoms with E-state index in [0.717, 1.165) is 0 Å². The van der Waals surface area contributed by atoms with E-state index >= 15 is 0 Å². The molecule has 144 valence electrons. The van der Waals surface area contributed by atoms with E-state index in [1.165, 1.54) is 25.5 Å². The van der Waals surface area contributed by atoms with E-state index < -0.39 is 17.2 Å². The summed E-state index contributed by atoms with van der Waals surface area (Å²) in [5, 5.41) is 4.42. The number of aromatic amines is 1. The zero-order valence-electron chi connectivity index (χ0n) is 14.6. The van der Waals surface area contributed by atoms with Gasteiger partial charge in [-0.25, -0.2) is 4.79 Å². The molecule has 0 aliphatic heterocycles. The van der Waals surface area contributed by atoms with Crippen molar-refractivity contribution in [2.75, 3.05) is 13.7 Å². The molecule has 0 aliphatic rings. The topological polar surface area (TPSA) is 129 Å². The number of rotatable bonds is 6. The van der Waals surface area contributed by atoms with Crippen molar-refractivity contribution in [1.29, 1.82) is 0 Å². The average molecular weight is 403 g/mol. The number of carbonyl (C=O) groups excluding carboxylic acids is 1. The molecule has 0 bridgehead atoms. The maximum Gasteiger partial charge on any atom is 0.349 e. The Morgan fingerprint density at radius 2 is 2.07 bits per heavy atom. The average Bonchev–Trinajstić information content (AvgIpc) is 2.66. The highest BCUT2D eigenvalue weighted by atomic mass is 35.5. The molecule has 1 aromatic heterocycles. The smallest absolute Gasteiger partial charge is 0.349 e. The summed E-state index contributed by atoms with van der Waals surface area (Å²) in [4.78, 5) is 38.1. The lowest BCUT2D eigenvalue weighted by molar-refractivity contribution is -0.119. The molecule has 0 spiro atoms. The number of fused-ring (bicyclic) bond motifs is 1. The summed E-state index contributed by atoms with van der Waals surface area (Å²) in [5.41, 5.74) is 4.68. The van der Waals surface area contributed by atoms with Crippen LogP contribution in [0.5, 0.6) is 11.5 Å². The number of nitrogens with one attached hydrogen (secondary N) is 1. The van der Waals surface area contributed by atoms with Crippen LogP contribution in [0.1, 0.15) is 5.56 Å². The van der Waals surface area contributed by atoms with Crippen LogP contribution in [0.25, 0.3) is 10.9 Å². The molecule has 10 heteroatoms. The number of amides is 1. The van der Waals surface area contributed by atoms with Crippen molar-refractivity contribution in [3.8, 4) is 11.5 Å². The van der Waals surface area contributed by atoms with Crippen molar-refractivity contribution >= 4 is 34.6 Å². The van der Waals surface area contributed by atoms with Crippen LogP contribution in [-0.2, 0) is 4.79 Å². The number of halogens is 1. The second-order valence-corrected chi connectivity index (χ2v) is 6.03. The second kappa shape index (κ2) is 7.97. The fourth-order valence-electron chi connectivity index (χ4n) is 2.48. The van der Waals surface area contributed by atoms with Crippen LogP contribution in [0.4, 0.5) is 0 Å². The van der Waals surface area contributed by atoms with Gasteiger partial charge in [-0.05, 0) is 29.8 Å². The summed E-state index contributed by atoms with van der Waals surface area (Å²) in [7, 11) is 1.39. The summed E-state index contributed by atoms with van der Waals surface area (Å²) in [6.45, 7) is -0.370. The van der Waals surface area contributed by atoms with Crippen molar-refractivity contribution in [1.82, 2.24) is 9.66 Å². The molecule has 3 rings (SSSR count).